The molecule has 0 bridgehead atoms. The lowest BCUT2D eigenvalue weighted by Gasteiger charge is -2.28. The molecule has 7 nitrogen and oxygen atoms in total. The van der Waals surface area contributed by atoms with Gasteiger partial charge in [0.1, 0.15) is 0 Å². The lowest BCUT2D eigenvalue weighted by molar-refractivity contribution is -0.137. The van der Waals surface area contributed by atoms with Gasteiger partial charge in [0.05, 0.1) is 0 Å². The van der Waals surface area contributed by atoms with E-state index in [1.54, 1.807) is 0 Å². The molecule has 0 spiro atoms. The van der Waals surface area contributed by atoms with Crippen LogP contribution in [-0.2, 0) is 14.3 Å². The van der Waals surface area contributed by atoms with E-state index in [0.29, 0.717) is 32.0 Å². The summed E-state index contributed by atoms with van der Waals surface area (Å²) in [6, 6.07) is -0.495. The van der Waals surface area contributed by atoms with Gasteiger partial charge in [-0.1, -0.05) is 0 Å². The van der Waals surface area contributed by atoms with Crippen LogP contribution in [0.5, 0.6) is 0 Å². The van der Waals surface area contributed by atoms with Gasteiger partial charge in [0, 0.05) is 32.1 Å². The lowest BCUT2D eigenvalue weighted by atomic mass is 9.93. The Morgan fingerprint density at radius 2 is 1.81 bits per heavy atom. The number of carbonyl (C=O) groups excluding carboxylic acids is 2. The molecule has 3 amide bonds. The number of ether oxygens (including phenoxy) is 1. The molecule has 21 heavy (non-hydrogen) atoms. The predicted octanol–water partition coefficient (Wildman–Crippen LogP) is 1.27. The van der Waals surface area contributed by atoms with E-state index in [-0.39, 0.29) is 24.8 Å². The van der Waals surface area contributed by atoms with Crippen molar-refractivity contribution in [2.24, 2.45) is 5.92 Å². The highest BCUT2D eigenvalue weighted by Crippen LogP contribution is 2.18. The largest absolute Gasteiger partial charge is 0.481 e. The van der Waals surface area contributed by atoms with E-state index in [9.17, 15) is 14.4 Å². The molecule has 7 heteroatoms. The standard InChI is InChI=1S/C14H24N2O5/c1-10(11-6-8-21-9-7-11)15-14(20)16-12(17)4-2-3-5-13(18)19/h10-11H,2-9H2,1H3,(H,18,19)(H2,15,16,17,20). The molecule has 0 aromatic carbocycles. The van der Waals surface area contributed by atoms with Gasteiger partial charge in [-0.3, -0.25) is 14.9 Å². The zero-order valence-electron chi connectivity index (χ0n) is 12.4. The number of amides is 3. The fourth-order valence-corrected chi connectivity index (χ4v) is 2.33. The van der Waals surface area contributed by atoms with Gasteiger partial charge in [-0.25, -0.2) is 4.79 Å². The maximum absolute atomic E-state index is 11.7. The van der Waals surface area contributed by atoms with E-state index in [2.05, 4.69) is 10.6 Å². The fourth-order valence-electron chi connectivity index (χ4n) is 2.33. The average Bonchev–Trinajstić information content (AvgIpc) is 2.44. The van der Waals surface area contributed by atoms with Crippen LogP contribution in [0.3, 0.4) is 0 Å². The highest BCUT2D eigenvalue weighted by atomic mass is 16.5. The third kappa shape index (κ3) is 7.65. The van der Waals surface area contributed by atoms with Gasteiger partial charge in [0.2, 0.25) is 5.91 Å². The fraction of sp³-hybridized carbons (Fsp3) is 0.786. The molecule has 1 rings (SSSR count). The van der Waals surface area contributed by atoms with Crippen molar-refractivity contribution in [2.75, 3.05) is 13.2 Å². The Balaban J connectivity index is 2.16. The number of carbonyl (C=O) groups is 3. The van der Waals surface area contributed by atoms with E-state index < -0.39 is 12.0 Å². The number of aliphatic carboxylic acids is 1. The molecule has 1 saturated heterocycles. The lowest BCUT2D eigenvalue weighted by Crippen LogP contribution is -2.47. The topological polar surface area (TPSA) is 105 Å². The van der Waals surface area contributed by atoms with Crippen molar-refractivity contribution in [3.05, 3.63) is 0 Å². The van der Waals surface area contributed by atoms with E-state index in [4.69, 9.17) is 9.84 Å². The molecule has 1 atom stereocenters. The molecule has 0 saturated carbocycles. The Morgan fingerprint density at radius 3 is 2.43 bits per heavy atom. The van der Waals surface area contributed by atoms with Gasteiger partial charge in [0.15, 0.2) is 0 Å². The zero-order valence-corrected chi connectivity index (χ0v) is 12.4. The molecule has 0 aromatic rings. The summed E-state index contributed by atoms with van der Waals surface area (Å²) in [5.74, 6) is -0.884. The molecule has 120 valence electrons. The van der Waals surface area contributed by atoms with Crippen LogP contribution in [0.2, 0.25) is 0 Å². The number of unbranched alkanes of at least 4 members (excludes halogenated alkanes) is 1. The second-order valence-corrected chi connectivity index (χ2v) is 5.36. The second-order valence-electron chi connectivity index (χ2n) is 5.36. The summed E-state index contributed by atoms with van der Waals surface area (Å²) in [5.41, 5.74) is 0. The molecule has 1 unspecified atom stereocenters. The maximum Gasteiger partial charge on any atom is 0.321 e. The number of urea groups is 1. The molecule has 0 aliphatic carbocycles. The third-order valence-corrected chi connectivity index (χ3v) is 3.63. The first-order chi connectivity index (χ1) is 9.99. The molecule has 1 aliphatic rings. The number of carboxylic acids is 1. The van der Waals surface area contributed by atoms with Crippen LogP contribution in [0, 0.1) is 5.92 Å². The first kappa shape index (κ1) is 17.4. The number of hydrogen-bond acceptors (Lipinski definition) is 4. The quantitative estimate of drug-likeness (QED) is 0.614. The maximum atomic E-state index is 11.7. The molecular weight excluding hydrogens is 276 g/mol. The minimum absolute atomic E-state index is 0.00582. The highest BCUT2D eigenvalue weighted by Gasteiger charge is 2.22. The van der Waals surface area contributed by atoms with Crippen LogP contribution in [0.15, 0.2) is 0 Å². The van der Waals surface area contributed by atoms with E-state index >= 15 is 0 Å². The number of nitrogens with one attached hydrogen (secondary N) is 2. The van der Waals surface area contributed by atoms with Crippen LogP contribution in [0.4, 0.5) is 4.79 Å². The molecule has 1 heterocycles. The van der Waals surface area contributed by atoms with Gasteiger partial charge in [-0.05, 0) is 38.5 Å². The van der Waals surface area contributed by atoms with Crippen molar-refractivity contribution in [3.63, 3.8) is 0 Å². The summed E-state index contributed by atoms with van der Waals surface area (Å²) in [7, 11) is 0. The van der Waals surface area contributed by atoms with Crippen LogP contribution in [0.25, 0.3) is 0 Å². The molecule has 3 N–H and O–H groups in total. The molecule has 1 fully saturated rings. The van der Waals surface area contributed by atoms with Crippen LogP contribution in [0.1, 0.15) is 45.4 Å². The van der Waals surface area contributed by atoms with Crippen molar-refractivity contribution in [1.29, 1.82) is 0 Å². The second kappa shape index (κ2) is 9.33. The van der Waals surface area contributed by atoms with Crippen LogP contribution in [-0.4, -0.2) is 42.3 Å². The van der Waals surface area contributed by atoms with Gasteiger partial charge in [0.25, 0.3) is 0 Å². The minimum Gasteiger partial charge on any atom is -0.481 e. The molecule has 0 radical (unpaired) electrons. The van der Waals surface area contributed by atoms with E-state index in [1.807, 2.05) is 6.92 Å². The zero-order chi connectivity index (χ0) is 15.7. The SMILES string of the molecule is CC(NC(=O)NC(=O)CCCCC(=O)O)C1CCOCC1. The summed E-state index contributed by atoms with van der Waals surface area (Å²) in [5, 5.41) is 13.5. The average molecular weight is 300 g/mol. The normalized spacial score (nSPS) is 17.0. The van der Waals surface area contributed by atoms with Crippen molar-refractivity contribution in [1.82, 2.24) is 10.6 Å². The summed E-state index contributed by atoms with van der Waals surface area (Å²) >= 11 is 0. The Hall–Kier alpha value is -1.63. The number of carboxylic acid groups (broad SMARTS) is 1. The van der Waals surface area contributed by atoms with Crippen molar-refractivity contribution >= 4 is 17.9 Å². The predicted molar refractivity (Wildman–Crippen MR) is 75.8 cm³/mol. The summed E-state index contributed by atoms with van der Waals surface area (Å²) in [6.45, 7) is 3.34. The number of rotatable bonds is 7. The Kier molecular flexibility index (Phi) is 7.74. The molecule has 0 aromatic heterocycles. The first-order valence-electron chi connectivity index (χ1n) is 7.39. The summed E-state index contributed by atoms with van der Waals surface area (Å²) in [4.78, 5) is 33.5. The molecule has 1 aliphatic heterocycles. The third-order valence-electron chi connectivity index (χ3n) is 3.63. The Morgan fingerprint density at radius 1 is 1.19 bits per heavy atom. The van der Waals surface area contributed by atoms with Gasteiger partial charge in [-0.2, -0.15) is 0 Å². The van der Waals surface area contributed by atoms with Gasteiger partial charge < -0.3 is 15.2 Å². The Labute approximate surface area is 124 Å². The van der Waals surface area contributed by atoms with Crippen LogP contribution < -0.4 is 10.6 Å². The van der Waals surface area contributed by atoms with E-state index in [1.165, 1.54) is 0 Å². The highest BCUT2D eigenvalue weighted by molar-refractivity contribution is 5.94. The van der Waals surface area contributed by atoms with Gasteiger partial charge in [-0.15, -0.1) is 0 Å². The minimum atomic E-state index is -0.876. The smallest absolute Gasteiger partial charge is 0.321 e. The summed E-state index contributed by atoms with van der Waals surface area (Å²) < 4.78 is 5.27. The van der Waals surface area contributed by atoms with Gasteiger partial charge >= 0.3 is 12.0 Å². The van der Waals surface area contributed by atoms with E-state index in [0.717, 1.165) is 12.8 Å². The Bertz CT molecular complexity index is 366. The number of imide groups is 1. The van der Waals surface area contributed by atoms with Crippen molar-refractivity contribution in [2.45, 2.75) is 51.5 Å². The summed E-state index contributed by atoms with van der Waals surface area (Å²) in [6.07, 6.45) is 2.91. The first-order valence-corrected chi connectivity index (χ1v) is 7.39. The van der Waals surface area contributed by atoms with Crippen LogP contribution >= 0.6 is 0 Å². The van der Waals surface area contributed by atoms with Crippen molar-refractivity contribution in [3.8, 4) is 0 Å². The monoisotopic (exact) mass is 300 g/mol. The van der Waals surface area contributed by atoms with Crippen molar-refractivity contribution < 1.29 is 24.2 Å². The number of hydrogen-bond donors (Lipinski definition) is 3. The molecular formula is C14H24N2O5.